The zero-order chi connectivity index (χ0) is 21.3. The van der Waals surface area contributed by atoms with Gasteiger partial charge in [0.2, 0.25) is 0 Å². The van der Waals surface area contributed by atoms with Crippen molar-refractivity contribution in [3.8, 4) is 22.6 Å². The molecule has 1 amide bonds. The Labute approximate surface area is 176 Å². The summed E-state index contributed by atoms with van der Waals surface area (Å²) >= 11 is 0. The number of hydrogen-bond acceptors (Lipinski definition) is 3. The van der Waals surface area contributed by atoms with Gasteiger partial charge in [-0.2, -0.15) is 0 Å². The van der Waals surface area contributed by atoms with Gasteiger partial charge in [0.1, 0.15) is 17.3 Å². The van der Waals surface area contributed by atoms with Crippen LogP contribution in [0.25, 0.3) is 11.1 Å². The number of rotatable bonds is 9. The molecule has 5 heteroatoms. The number of ether oxygens (including phenoxy) is 2. The summed E-state index contributed by atoms with van der Waals surface area (Å²) in [7, 11) is 1.63. The molecule has 0 aliphatic carbocycles. The molecule has 0 heterocycles. The first-order valence-corrected chi connectivity index (χ1v) is 10.0. The lowest BCUT2D eigenvalue weighted by Gasteiger charge is -2.22. The maximum Gasteiger partial charge on any atom is 0.254 e. The van der Waals surface area contributed by atoms with Crippen LogP contribution in [0.2, 0.25) is 0 Å². The second-order valence-corrected chi connectivity index (χ2v) is 6.81. The molecule has 4 nitrogen and oxygen atoms in total. The summed E-state index contributed by atoms with van der Waals surface area (Å²) in [6.45, 7) is 3.60. The van der Waals surface area contributed by atoms with Crippen LogP contribution < -0.4 is 9.47 Å². The Kier molecular flexibility index (Phi) is 7.44. The molecule has 30 heavy (non-hydrogen) atoms. The molecule has 0 fully saturated rings. The molecule has 0 N–H and O–H groups in total. The van der Waals surface area contributed by atoms with Crippen molar-refractivity contribution in [1.82, 2.24) is 4.90 Å². The van der Waals surface area contributed by atoms with Crippen molar-refractivity contribution >= 4 is 5.91 Å². The SMILES string of the molecule is CCN(CCCOc1ccc(F)cc1)C(=O)c1ccccc1-c1ccc(OC)cc1. The Morgan fingerprint density at radius 2 is 1.60 bits per heavy atom. The third-order valence-electron chi connectivity index (χ3n) is 4.88. The highest BCUT2D eigenvalue weighted by Crippen LogP contribution is 2.27. The zero-order valence-corrected chi connectivity index (χ0v) is 17.3. The summed E-state index contributed by atoms with van der Waals surface area (Å²) in [4.78, 5) is 15.0. The first-order chi connectivity index (χ1) is 14.6. The molecule has 0 aliphatic heterocycles. The highest BCUT2D eigenvalue weighted by molar-refractivity contribution is 6.00. The van der Waals surface area contributed by atoms with Gasteiger partial charge in [-0.1, -0.05) is 30.3 Å². The molecule has 0 saturated carbocycles. The molecule has 0 unspecified atom stereocenters. The van der Waals surface area contributed by atoms with E-state index in [0.29, 0.717) is 37.4 Å². The zero-order valence-electron chi connectivity index (χ0n) is 17.3. The van der Waals surface area contributed by atoms with Crippen LogP contribution in [0.3, 0.4) is 0 Å². The first kappa shape index (κ1) is 21.4. The number of hydrogen-bond donors (Lipinski definition) is 0. The molecule has 0 bridgehead atoms. The number of amides is 1. The average molecular weight is 407 g/mol. The summed E-state index contributed by atoms with van der Waals surface area (Å²) in [5.74, 6) is 1.10. The third-order valence-corrected chi connectivity index (χ3v) is 4.88. The molecule has 156 valence electrons. The Morgan fingerprint density at radius 3 is 2.27 bits per heavy atom. The van der Waals surface area contributed by atoms with Crippen molar-refractivity contribution < 1.29 is 18.7 Å². The Bertz CT molecular complexity index is 955. The van der Waals surface area contributed by atoms with E-state index in [0.717, 1.165) is 16.9 Å². The monoisotopic (exact) mass is 407 g/mol. The fourth-order valence-electron chi connectivity index (χ4n) is 3.24. The molecule has 0 spiro atoms. The van der Waals surface area contributed by atoms with Gasteiger partial charge >= 0.3 is 0 Å². The number of nitrogens with zero attached hydrogens (tertiary/aromatic N) is 1. The quantitative estimate of drug-likeness (QED) is 0.444. The number of carbonyl (C=O) groups excluding carboxylic acids is 1. The third kappa shape index (κ3) is 5.38. The molecule has 3 aromatic carbocycles. The van der Waals surface area contributed by atoms with Crippen molar-refractivity contribution in [3.05, 3.63) is 84.2 Å². The summed E-state index contributed by atoms with van der Waals surface area (Å²) in [5.41, 5.74) is 2.53. The molecule has 3 rings (SSSR count). The average Bonchev–Trinajstić information content (AvgIpc) is 2.80. The molecule has 0 atom stereocenters. The van der Waals surface area contributed by atoms with Gasteiger partial charge in [0.15, 0.2) is 0 Å². The van der Waals surface area contributed by atoms with Crippen molar-refractivity contribution in [2.24, 2.45) is 0 Å². The first-order valence-electron chi connectivity index (χ1n) is 10.0. The van der Waals surface area contributed by atoms with Gasteiger partial charge in [0.25, 0.3) is 5.91 Å². The van der Waals surface area contributed by atoms with E-state index in [9.17, 15) is 9.18 Å². The van der Waals surface area contributed by atoms with E-state index in [1.165, 1.54) is 12.1 Å². The van der Waals surface area contributed by atoms with Crippen molar-refractivity contribution in [1.29, 1.82) is 0 Å². The molecule has 0 saturated heterocycles. The fraction of sp³-hybridized carbons (Fsp3) is 0.240. The smallest absolute Gasteiger partial charge is 0.254 e. The largest absolute Gasteiger partial charge is 0.497 e. The number of carbonyl (C=O) groups is 1. The van der Waals surface area contributed by atoms with Crippen LogP contribution in [0.15, 0.2) is 72.8 Å². The Balaban J connectivity index is 1.65. The molecule has 0 radical (unpaired) electrons. The second-order valence-electron chi connectivity index (χ2n) is 6.81. The van der Waals surface area contributed by atoms with Crippen molar-refractivity contribution in [3.63, 3.8) is 0 Å². The van der Waals surface area contributed by atoms with E-state index in [1.807, 2.05) is 60.4 Å². The fourth-order valence-corrected chi connectivity index (χ4v) is 3.24. The van der Waals surface area contributed by atoms with E-state index in [2.05, 4.69) is 0 Å². The predicted octanol–water partition coefficient (Wildman–Crippen LogP) is 5.43. The highest BCUT2D eigenvalue weighted by Gasteiger charge is 2.18. The minimum absolute atomic E-state index is 0.00861. The summed E-state index contributed by atoms with van der Waals surface area (Å²) in [6.07, 6.45) is 0.682. The Hall–Kier alpha value is -3.34. The molecule has 0 aromatic heterocycles. The molecular weight excluding hydrogens is 381 g/mol. The summed E-state index contributed by atoms with van der Waals surface area (Å²) in [5, 5.41) is 0. The van der Waals surface area contributed by atoms with Gasteiger partial charge in [-0.25, -0.2) is 4.39 Å². The lowest BCUT2D eigenvalue weighted by atomic mass is 9.98. The van der Waals surface area contributed by atoms with Crippen LogP contribution >= 0.6 is 0 Å². The van der Waals surface area contributed by atoms with E-state index < -0.39 is 0 Å². The normalized spacial score (nSPS) is 10.5. The van der Waals surface area contributed by atoms with Gasteiger partial charge < -0.3 is 14.4 Å². The van der Waals surface area contributed by atoms with Gasteiger partial charge in [-0.05, 0) is 66.9 Å². The Morgan fingerprint density at radius 1 is 0.933 bits per heavy atom. The van der Waals surface area contributed by atoms with Crippen LogP contribution in [0.4, 0.5) is 4.39 Å². The summed E-state index contributed by atoms with van der Waals surface area (Å²) in [6, 6.07) is 21.3. The van der Waals surface area contributed by atoms with Gasteiger partial charge in [-0.15, -0.1) is 0 Å². The van der Waals surface area contributed by atoms with Crippen LogP contribution in [-0.2, 0) is 0 Å². The van der Waals surface area contributed by atoms with Crippen LogP contribution in [0.5, 0.6) is 11.5 Å². The molecule has 0 aliphatic rings. The van der Waals surface area contributed by atoms with Crippen LogP contribution in [-0.4, -0.2) is 37.6 Å². The number of benzene rings is 3. The van der Waals surface area contributed by atoms with Crippen molar-refractivity contribution in [2.45, 2.75) is 13.3 Å². The van der Waals surface area contributed by atoms with Crippen molar-refractivity contribution in [2.75, 3.05) is 26.8 Å². The van der Waals surface area contributed by atoms with E-state index >= 15 is 0 Å². The van der Waals surface area contributed by atoms with Crippen LogP contribution in [0, 0.1) is 5.82 Å². The summed E-state index contributed by atoms with van der Waals surface area (Å²) < 4.78 is 23.8. The standard InChI is InChI=1S/C25H26FNO3/c1-3-27(17-6-18-30-22-15-11-20(26)12-16-22)25(28)24-8-5-4-7-23(24)19-9-13-21(29-2)14-10-19/h4-5,7-16H,3,6,17-18H2,1-2H3. The molecular formula is C25H26FNO3. The van der Waals surface area contributed by atoms with Crippen LogP contribution in [0.1, 0.15) is 23.7 Å². The topological polar surface area (TPSA) is 38.8 Å². The second kappa shape index (κ2) is 10.4. The van der Waals surface area contributed by atoms with E-state index in [1.54, 1.807) is 19.2 Å². The minimum atomic E-state index is -0.291. The van der Waals surface area contributed by atoms with Gasteiger partial charge in [0, 0.05) is 18.7 Å². The van der Waals surface area contributed by atoms with E-state index in [-0.39, 0.29) is 11.7 Å². The number of halogens is 1. The lowest BCUT2D eigenvalue weighted by Crippen LogP contribution is -2.32. The number of methoxy groups -OCH3 is 1. The predicted molar refractivity (Wildman–Crippen MR) is 117 cm³/mol. The minimum Gasteiger partial charge on any atom is -0.497 e. The maximum atomic E-state index is 13.2. The lowest BCUT2D eigenvalue weighted by molar-refractivity contribution is 0.0757. The van der Waals surface area contributed by atoms with E-state index in [4.69, 9.17) is 9.47 Å². The highest BCUT2D eigenvalue weighted by atomic mass is 19.1. The van der Waals surface area contributed by atoms with Gasteiger partial charge in [-0.3, -0.25) is 4.79 Å². The molecule has 3 aromatic rings. The van der Waals surface area contributed by atoms with Gasteiger partial charge in [0.05, 0.1) is 13.7 Å². The maximum absolute atomic E-state index is 13.2.